The van der Waals surface area contributed by atoms with Crippen LogP contribution in [0.5, 0.6) is 5.75 Å². The molecule has 0 radical (unpaired) electrons. The van der Waals surface area contributed by atoms with Crippen LogP contribution in [0, 0.1) is 5.82 Å². The van der Waals surface area contributed by atoms with Gasteiger partial charge in [-0.2, -0.15) is 13.2 Å². The average Bonchev–Trinajstić information content (AvgIpc) is 2.72. The number of nitrogens with two attached hydrogens (primary N) is 1. The van der Waals surface area contributed by atoms with Gasteiger partial charge >= 0.3 is 6.18 Å². The summed E-state index contributed by atoms with van der Waals surface area (Å²) in [6, 6.07) is 11.2. The standard InChI is InChI=1S/C22H16F4N2O2/c1-2-15-16(4-3-5-19(15)23)20-17(12-6-8-14(29)9-7-12)10-13(22(24,25)26)11-18(20)21(27)28-30/h2-11,29-30H,1H2,(H2,27,28). The predicted octanol–water partition coefficient (Wildman–Crippen LogP) is 5.62. The molecule has 0 fully saturated rings. The molecule has 0 bridgehead atoms. The lowest BCUT2D eigenvalue weighted by Crippen LogP contribution is -2.17. The second-order valence-electron chi connectivity index (χ2n) is 6.38. The van der Waals surface area contributed by atoms with E-state index in [2.05, 4.69) is 11.7 Å². The number of phenols is 1. The van der Waals surface area contributed by atoms with Crippen LogP contribution < -0.4 is 5.73 Å². The fraction of sp³-hybridized carbons (Fsp3) is 0.0455. The van der Waals surface area contributed by atoms with Crippen molar-refractivity contribution in [1.29, 1.82) is 0 Å². The Hall–Kier alpha value is -3.81. The lowest BCUT2D eigenvalue weighted by atomic mass is 9.86. The van der Waals surface area contributed by atoms with Gasteiger partial charge in [0.05, 0.1) is 5.56 Å². The zero-order valence-electron chi connectivity index (χ0n) is 15.4. The minimum Gasteiger partial charge on any atom is -0.508 e. The fourth-order valence-electron chi connectivity index (χ4n) is 3.18. The van der Waals surface area contributed by atoms with E-state index >= 15 is 0 Å². The molecule has 0 spiro atoms. The summed E-state index contributed by atoms with van der Waals surface area (Å²) in [5.74, 6) is -1.29. The number of amidine groups is 1. The first kappa shape index (κ1) is 20.9. The summed E-state index contributed by atoms with van der Waals surface area (Å²) < 4.78 is 55.1. The van der Waals surface area contributed by atoms with E-state index in [1.165, 1.54) is 48.5 Å². The highest BCUT2D eigenvalue weighted by Crippen LogP contribution is 2.42. The first-order chi connectivity index (χ1) is 14.2. The second-order valence-corrected chi connectivity index (χ2v) is 6.38. The first-order valence-electron chi connectivity index (χ1n) is 8.61. The van der Waals surface area contributed by atoms with Crippen LogP contribution in [0.2, 0.25) is 0 Å². The number of alkyl halides is 3. The molecule has 0 amide bonds. The minimum absolute atomic E-state index is 0.0456. The normalized spacial score (nSPS) is 12.1. The van der Waals surface area contributed by atoms with Crippen LogP contribution in [0.15, 0.2) is 66.3 Å². The van der Waals surface area contributed by atoms with Gasteiger partial charge in [0.15, 0.2) is 5.84 Å². The van der Waals surface area contributed by atoms with E-state index in [-0.39, 0.29) is 33.6 Å². The maximum atomic E-state index is 14.4. The molecule has 3 aromatic carbocycles. The SMILES string of the molecule is C=Cc1c(F)cccc1-c1c(C(N)=NO)cc(C(F)(F)F)cc1-c1ccc(O)cc1. The van der Waals surface area contributed by atoms with Crippen LogP contribution in [0.25, 0.3) is 28.3 Å². The number of rotatable bonds is 4. The summed E-state index contributed by atoms with van der Waals surface area (Å²) in [6.45, 7) is 3.58. The second kappa shape index (κ2) is 7.90. The summed E-state index contributed by atoms with van der Waals surface area (Å²) >= 11 is 0. The molecular formula is C22H16F4N2O2. The van der Waals surface area contributed by atoms with E-state index in [0.717, 1.165) is 12.1 Å². The van der Waals surface area contributed by atoms with Crippen LogP contribution >= 0.6 is 0 Å². The van der Waals surface area contributed by atoms with Crippen LogP contribution in [0.3, 0.4) is 0 Å². The molecule has 0 saturated carbocycles. The van der Waals surface area contributed by atoms with Gasteiger partial charge in [-0.25, -0.2) is 4.39 Å². The maximum absolute atomic E-state index is 14.4. The molecule has 154 valence electrons. The van der Waals surface area contributed by atoms with Crippen LogP contribution in [-0.2, 0) is 6.18 Å². The van der Waals surface area contributed by atoms with Gasteiger partial charge in [0.25, 0.3) is 0 Å². The molecule has 3 rings (SSSR count). The van der Waals surface area contributed by atoms with E-state index < -0.39 is 23.4 Å². The highest BCUT2D eigenvalue weighted by atomic mass is 19.4. The molecule has 0 aromatic heterocycles. The van der Waals surface area contributed by atoms with Gasteiger partial charge in [-0.1, -0.05) is 42.1 Å². The van der Waals surface area contributed by atoms with E-state index in [1.54, 1.807) is 0 Å². The predicted molar refractivity (Wildman–Crippen MR) is 107 cm³/mol. The number of oxime groups is 1. The van der Waals surface area contributed by atoms with Crippen molar-refractivity contribution in [1.82, 2.24) is 0 Å². The molecule has 4 nitrogen and oxygen atoms in total. The third-order valence-electron chi connectivity index (χ3n) is 4.55. The van der Waals surface area contributed by atoms with Crippen molar-refractivity contribution in [3.8, 4) is 28.0 Å². The summed E-state index contributed by atoms with van der Waals surface area (Å²) in [5.41, 5.74) is 5.19. The summed E-state index contributed by atoms with van der Waals surface area (Å²) in [4.78, 5) is 0. The zero-order valence-corrected chi connectivity index (χ0v) is 15.4. The third-order valence-corrected chi connectivity index (χ3v) is 4.55. The lowest BCUT2D eigenvalue weighted by Gasteiger charge is -2.20. The molecule has 30 heavy (non-hydrogen) atoms. The Morgan fingerprint density at radius 3 is 2.27 bits per heavy atom. The molecular weight excluding hydrogens is 400 g/mol. The summed E-state index contributed by atoms with van der Waals surface area (Å²) in [7, 11) is 0. The number of nitrogens with zero attached hydrogens (tertiary/aromatic N) is 1. The molecule has 3 aromatic rings. The van der Waals surface area contributed by atoms with Crippen LogP contribution in [0.4, 0.5) is 17.6 Å². The van der Waals surface area contributed by atoms with E-state index in [1.807, 2.05) is 0 Å². The average molecular weight is 416 g/mol. The maximum Gasteiger partial charge on any atom is 0.416 e. The Kier molecular flexibility index (Phi) is 5.51. The molecule has 0 aliphatic rings. The molecule has 0 atom stereocenters. The van der Waals surface area contributed by atoms with Crippen molar-refractivity contribution < 1.29 is 27.9 Å². The molecule has 4 N–H and O–H groups in total. The summed E-state index contributed by atoms with van der Waals surface area (Å²) in [6.07, 6.45) is -3.49. The number of hydrogen-bond acceptors (Lipinski definition) is 3. The Morgan fingerprint density at radius 1 is 1.03 bits per heavy atom. The van der Waals surface area contributed by atoms with Gasteiger partial charge in [0.1, 0.15) is 11.6 Å². The van der Waals surface area contributed by atoms with Crippen molar-refractivity contribution in [3.05, 3.63) is 83.7 Å². The van der Waals surface area contributed by atoms with Gasteiger partial charge < -0.3 is 16.0 Å². The minimum atomic E-state index is -4.72. The van der Waals surface area contributed by atoms with Crippen molar-refractivity contribution in [2.45, 2.75) is 6.18 Å². The Balaban J connectivity index is 2.52. The lowest BCUT2D eigenvalue weighted by molar-refractivity contribution is -0.137. The quantitative estimate of drug-likeness (QED) is 0.170. The molecule has 0 saturated heterocycles. The fourth-order valence-corrected chi connectivity index (χ4v) is 3.18. The van der Waals surface area contributed by atoms with E-state index in [0.29, 0.717) is 5.56 Å². The van der Waals surface area contributed by atoms with Gasteiger partial charge in [0.2, 0.25) is 0 Å². The van der Waals surface area contributed by atoms with Crippen molar-refractivity contribution in [2.24, 2.45) is 10.9 Å². The number of phenolic OH excluding ortho intramolecular Hbond substituents is 1. The van der Waals surface area contributed by atoms with Gasteiger partial charge in [0, 0.05) is 16.7 Å². The highest BCUT2D eigenvalue weighted by molar-refractivity contribution is 6.07. The van der Waals surface area contributed by atoms with Crippen molar-refractivity contribution >= 4 is 11.9 Å². The Labute approximate surface area is 169 Å². The van der Waals surface area contributed by atoms with Crippen molar-refractivity contribution in [2.75, 3.05) is 0 Å². The topological polar surface area (TPSA) is 78.8 Å². The first-order valence-corrected chi connectivity index (χ1v) is 8.61. The van der Waals surface area contributed by atoms with Crippen LogP contribution in [0.1, 0.15) is 16.7 Å². The third kappa shape index (κ3) is 3.84. The van der Waals surface area contributed by atoms with Gasteiger partial charge in [-0.3, -0.25) is 0 Å². The Bertz CT molecular complexity index is 1140. The number of hydrogen-bond donors (Lipinski definition) is 3. The largest absolute Gasteiger partial charge is 0.508 e. The van der Waals surface area contributed by atoms with E-state index in [9.17, 15) is 27.9 Å². The van der Waals surface area contributed by atoms with E-state index in [4.69, 9.17) is 5.73 Å². The molecule has 8 heteroatoms. The Morgan fingerprint density at radius 2 is 1.70 bits per heavy atom. The number of halogens is 4. The van der Waals surface area contributed by atoms with Gasteiger partial charge in [-0.15, -0.1) is 0 Å². The number of aromatic hydroxyl groups is 1. The van der Waals surface area contributed by atoms with Crippen molar-refractivity contribution in [3.63, 3.8) is 0 Å². The van der Waals surface area contributed by atoms with Gasteiger partial charge in [-0.05, 0) is 47.0 Å². The molecule has 0 heterocycles. The zero-order chi connectivity index (χ0) is 22.1. The molecule has 0 aliphatic heterocycles. The number of benzene rings is 3. The molecule has 0 aliphatic carbocycles. The highest BCUT2D eigenvalue weighted by Gasteiger charge is 2.33. The monoisotopic (exact) mass is 416 g/mol. The summed E-state index contributed by atoms with van der Waals surface area (Å²) in [5, 5.41) is 21.6. The smallest absolute Gasteiger partial charge is 0.416 e. The van der Waals surface area contributed by atoms with Crippen LogP contribution in [-0.4, -0.2) is 16.1 Å². The molecule has 0 unspecified atom stereocenters.